The Morgan fingerprint density at radius 2 is 1.87 bits per heavy atom. The molecule has 1 aliphatic rings. The number of aromatic nitrogens is 1. The van der Waals surface area contributed by atoms with E-state index in [1.807, 2.05) is 48.0 Å². The molecule has 2 aromatic carbocycles. The standard InChI is InChI=1S/C23H27N3O4S/c1-2-30-21-10-9-19(17-22(21)31(28,29)26-13-5-6-14-26)24-23(27)12-16-25-15-11-18-7-3-4-8-20(18)25/h3-4,7-11,15,17H,2,5-6,12-14,16H2,1H3,(H,24,27). The Kier molecular flexibility index (Phi) is 6.29. The quantitative estimate of drug-likeness (QED) is 0.576. The van der Waals surface area contributed by atoms with Crippen molar-refractivity contribution in [1.29, 1.82) is 0 Å². The monoisotopic (exact) mass is 441 g/mol. The normalized spacial score (nSPS) is 14.7. The maximum absolute atomic E-state index is 13.1. The number of sulfonamides is 1. The van der Waals surface area contributed by atoms with Gasteiger partial charge in [-0.05, 0) is 55.5 Å². The molecule has 0 aliphatic carbocycles. The lowest BCUT2D eigenvalue weighted by molar-refractivity contribution is -0.116. The summed E-state index contributed by atoms with van der Waals surface area (Å²) in [6.07, 6.45) is 3.96. The third-order valence-corrected chi connectivity index (χ3v) is 7.39. The maximum Gasteiger partial charge on any atom is 0.246 e. The number of nitrogens with one attached hydrogen (secondary N) is 1. The molecule has 0 atom stereocenters. The number of carbonyl (C=O) groups excluding carboxylic acids is 1. The third kappa shape index (κ3) is 4.60. The highest BCUT2D eigenvalue weighted by Crippen LogP contribution is 2.31. The molecule has 1 aliphatic heterocycles. The van der Waals surface area contributed by atoms with E-state index in [1.54, 1.807) is 12.1 Å². The maximum atomic E-state index is 13.1. The number of aryl methyl sites for hydroxylation is 1. The summed E-state index contributed by atoms with van der Waals surface area (Å²) in [6, 6.07) is 14.8. The lowest BCUT2D eigenvalue weighted by Gasteiger charge is -2.19. The van der Waals surface area contributed by atoms with Gasteiger partial charge in [0, 0.05) is 43.5 Å². The van der Waals surface area contributed by atoms with Crippen molar-refractivity contribution in [2.24, 2.45) is 0 Å². The number of hydrogen-bond donors (Lipinski definition) is 1. The molecule has 1 aromatic heterocycles. The Bertz CT molecular complexity index is 1180. The number of fused-ring (bicyclic) bond motifs is 1. The molecule has 0 bridgehead atoms. The fraction of sp³-hybridized carbons (Fsp3) is 0.348. The lowest BCUT2D eigenvalue weighted by Crippen LogP contribution is -2.28. The zero-order chi connectivity index (χ0) is 21.8. The number of para-hydroxylation sites is 1. The molecule has 1 saturated heterocycles. The number of carbonyl (C=O) groups is 1. The first-order chi connectivity index (χ1) is 15.0. The molecular weight excluding hydrogens is 414 g/mol. The Labute approximate surface area is 182 Å². The van der Waals surface area contributed by atoms with Crippen molar-refractivity contribution < 1.29 is 17.9 Å². The van der Waals surface area contributed by atoms with Crippen LogP contribution in [0.15, 0.2) is 59.6 Å². The van der Waals surface area contributed by atoms with Crippen molar-refractivity contribution in [2.45, 2.75) is 37.6 Å². The van der Waals surface area contributed by atoms with Crippen LogP contribution in [0.1, 0.15) is 26.2 Å². The molecular formula is C23H27N3O4S. The first-order valence-corrected chi connectivity index (χ1v) is 12.0. The largest absolute Gasteiger partial charge is 0.492 e. The van der Waals surface area contributed by atoms with Crippen molar-refractivity contribution in [3.63, 3.8) is 0 Å². The number of anilines is 1. The van der Waals surface area contributed by atoms with Crippen molar-refractivity contribution in [3.8, 4) is 5.75 Å². The van der Waals surface area contributed by atoms with E-state index >= 15 is 0 Å². The topological polar surface area (TPSA) is 80.6 Å². The van der Waals surface area contributed by atoms with Gasteiger partial charge in [0.05, 0.1) is 6.61 Å². The van der Waals surface area contributed by atoms with Crippen LogP contribution in [0.5, 0.6) is 5.75 Å². The zero-order valence-electron chi connectivity index (χ0n) is 17.6. The van der Waals surface area contributed by atoms with Crippen LogP contribution in [-0.2, 0) is 21.4 Å². The molecule has 0 radical (unpaired) electrons. The number of rotatable bonds is 8. The van der Waals surface area contributed by atoms with Crippen molar-refractivity contribution in [1.82, 2.24) is 8.87 Å². The fourth-order valence-corrected chi connectivity index (χ4v) is 5.58. The molecule has 0 spiro atoms. The molecule has 1 N–H and O–H groups in total. The smallest absolute Gasteiger partial charge is 0.246 e. The summed E-state index contributed by atoms with van der Waals surface area (Å²) in [4.78, 5) is 12.7. The second kappa shape index (κ2) is 9.11. The van der Waals surface area contributed by atoms with Gasteiger partial charge in [0.25, 0.3) is 0 Å². The first-order valence-electron chi connectivity index (χ1n) is 10.6. The second-order valence-corrected chi connectivity index (χ2v) is 9.48. The molecule has 2 heterocycles. The van der Waals surface area contributed by atoms with E-state index in [2.05, 4.69) is 5.32 Å². The third-order valence-electron chi connectivity index (χ3n) is 5.47. The van der Waals surface area contributed by atoms with E-state index in [4.69, 9.17) is 4.74 Å². The molecule has 1 fully saturated rings. The van der Waals surface area contributed by atoms with E-state index in [1.165, 1.54) is 10.4 Å². The first kappa shape index (κ1) is 21.4. The number of benzene rings is 2. The number of ether oxygens (including phenoxy) is 1. The molecule has 8 heteroatoms. The number of nitrogens with zero attached hydrogens (tertiary/aromatic N) is 2. The highest BCUT2D eigenvalue weighted by atomic mass is 32.2. The van der Waals surface area contributed by atoms with Crippen LogP contribution in [-0.4, -0.2) is 42.9 Å². The van der Waals surface area contributed by atoms with Crippen LogP contribution >= 0.6 is 0 Å². The summed E-state index contributed by atoms with van der Waals surface area (Å²) >= 11 is 0. The zero-order valence-corrected chi connectivity index (χ0v) is 18.4. The molecule has 1 amide bonds. The average molecular weight is 442 g/mol. The van der Waals surface area contributed by atoms with Crippen LogP contribution in [0.25, 0.3) is 10.9 Å². The Morgan fingerprint density at radius 1 is 1.10 bits per heavy atom. The summed E-state index contributed by atoms with van der Waals surface area (Å²) in [5, 5.41) is 3.96. The van der Waals surface area contributed by atoms with Crippen molar-refractivity contribution in [2.75, 3.05) is 25.0 Å². The van der Waals surface area contributed by atoms with E-state index in [0.29, 0.717) is 37.7 Å². The summed E-state index contributed by atoms with van der Waals surface area (Å²) in [5.41, 5.74) is 1.53. The molecule has 3 aromatic rings. The fourth-order valence-electron chi connectivity index (χ4n) is 3.91. The SMILES string of the molecule is CCOc1ccc(NC(=O)CCn2ccc3ccccc32)cc1S(=O)(=O)N1CCCC1. The van der Waals surface area contributed by atoms with Gasteiger partial charge in [-0.1, -0.05) is 18.2 Å². The minimum absolute atomic E-state index is 0.102. The molecule has 164 valence electrons. The summed E-state index contributed by atoms with van der Waals surface area (Å²) in [5.74, 6) is 0.137. The van der Waals surface area contributed by atoms with Crippen LogP contribution in [0.3, 0.4) is 0 Å². The van der Waals surface area contributed by atoms with Crippen LogP contribution < -0.4 is 10.1 Å². The molecule has 31 heavy (non-hydrogen) atoms. The summed E-state index contributed by atoms with van der Waals surface area (Å²) in [6.45, 7) is 3.73. The number of hydrogen-bond acceptors (Lipinski definition) is 4. The van der Waals surface area contributed by atoms with Gasteiger partial charge < -0.3 is 14.6 Å². The van der Waals surface area contributed by atoms with Gasteiger partial charge in [0.2, 0.25) is 15.9 Å². The molecule has 7 nitrogen and oxygen atoms in total. The van der Waals surface area contributed by atoms with Gasteiger partial charge >= 0.3 is 0 Å². The van der Waals surface area contributed by atoms with E-state index < -0.39 is 10.0 Å². The Morgan fingerprint density at radius 3 is 2.65 bits per heavy atom. The molecule has 4 rings (SSSR count). The summed E-state index contributed by atoms with van der Waals surface area (Å²) in [7, 11) is -3.67. The van der Waals surface area contributed by atoms with Gasteiger partial charge in [0.1, 0.15) is 10.6 Å². The lowest BCUT2D eigenvalue weighted by atomic mass is 10.2. The molecule has 0 saturated carbocycles. The van der Waals surface area contributed by atoms with Crippen LogP contribution in [0.2, 0.25) is 0 Å². The minimum Gasteiger partial charge on any atom is -0.492 e. The van der Waals surface area contributed by atoms with Gasteiger partial charge in [0.15, 0.2) is 0 Å². The van der Waals surface area contributed by atoms with Crippen LogP contribution in [0, 0.1) is 0 Å². The summed E-state index contributed by atoms with van der Waals surface area (Å²) < 4.78 is 35.3. The highest BCUT2D eigenvalue weighted by Gasteiger charge is 2.30. The van der Waals surface area contributed by atoms with Gasteiger partial charge in [-0.25, -0.2) is 8.42 Å². The van der Waals surface area contributed by atoms with Gasteiger partial charge in [-0.15, -0.1) is 0 Å². The minimum atomic E-state index is -3.67. The Balaban J connectivity index is 1.49. The highest BCUT2D eigenvalue weighted by molar-refractivity contribution is 7.89. The molecule has 0 unspecified atom stereocenters. The van der Waals surface area contributed by atoms with E-state index in [-0.39, 0.29) is 17.2 Å². The van der Waals surface area contributed by atoms with Crippen molar-refractivity contribution in [3.05, 3.63) is 54.7 Å². The van der Waals surface area contributed by atoms with Gasteiger partial charge in [-0.3, -0.25) is 4.79 Å². The van der Waals surface area contributed by atoms with Crippen LogP contribution in [0.4, 0.5) is 5.69 Å². The second-order valence-electron chi connectivity index (χ2n) is 7.57. The number of amides is 1. The predicted molar refractivity (Wildman–Crippen MR) is 121 cm³/mol. The van der Waals surface area contributed by atoms with Gasteiger partial charge in [-0.2, -0.15) is 4.31 Å². The van der Waals surface area contributed by atoms with Crippen molar-refractivity contribution >= 4 is 32.5 Å². The van der Waals surface area contributed by atoms with E-state index in [0.717, 1.165) is 23.7 Å². The average Bonchev–Trinajstić information content (AvgIpc) is 3.44. The van der Waals surface area contributed by atoms with E-state index in [9.17, 15) is 13.2 Å². The predicted octanol–water partition coefficient (Wildman–Crippen LogP) is 3.85. The Hall–Kier alpha value is -2.84.